The molecule has 41 heavy (non-hydrogen) atoms. The monoisotopic (exact) mass is 520 g/mol. The van der Waals surface area contributed by atoms with Crippen LogP contribution in [0.25, 0.3) is 87.3 Å². The first-order chi connectivity index (χ1) is 20.3. The lowest BCUT2D eigenvalue weighted by Gasteiger charge is -2.19. The summed E-state index contributed by atoms with van der Waals surface area (Å²) in [5, 5.41) is 12.2. The normalized spacial score (nSPS) is 11.9. The largest absolute Gasteiger partial charge is 0.455 e. The number of fused-ring (bicyclic) bond motifs is 8. The minimum atomic E-state index is 0.922. The molecule has 0 spiro atoms. The van der Waals surface area contributed by atoms with Crippen LogP contribution in [0.5, 0.6) is 0 Å². The fourth-order valence-corrected chi connectivity index (χ4v) is 6.83. The van der Waals surface area contributed by atoms with Crippen molar-refractivity contribution in [3.63, 3.8) is 0 Å². The summed E-state index contributed by atoms with van der Waals surface area (Å²) in [5.41, 5.74) is 6.83. The summed E-state index contributed by atoms with van der Waals surface area (Å²) in [6.45, 7) is 0. The molecule has 0 bridgehead atoms. The second-order valence-electron chi connectivity index (χ2n) is 10.8. The van der Waals surface area contributed by atoms with E-state index in [1.807, 2.05) is 6.07 Å². The van der Waals surface area contributed by atoms with Gasteiger partial charge in [0, 0.05) is 16.2 Å². The third kappa shape index (κ3) is 3.24. The standard InChI is InChI=1S/C40H24O/c1-2-11-27-24-28(21-20-25(27)10-1)37-30-14-3-5-16-32(30)39(33-17-6-4-15-31(33)37)35-18-9-12-26-22-23-34-29-13-7-8-19-36(29)41-40(34)38(26)35/h1-24H. The van der Waals surface area contributed by atoms with Crippen LogP contribution >= 0.6 is 0 Å². The van der Waals surface area contributed by atoms with Crippen molar-refractivity contribution in [2.75, 3.05) is 0 Å². The van der Waals surface area contributed by atoms with Gasteiger partial charge >= 0.3 is 0 Å². The molecule has 0 aliphatic carbocycles. The van der Waals surface area contributed by atoms with Crippen molar-refractivity contribution >= 4 is 65.0 Å². The Morgan fingerprint density at radius 3 is 1.71 bits per heavy atom. The van der Waals surface area contributed by atoms with E-state index in [1.54, 1.807) is 0 Å². The highest BCUT2D eigenvalue weighted by molar-refractivity contribution is 6.27. The first-order valence-electron chi connectivity index (χ1n) is 14.1. The van der Waals surface area contributed by atoms with Gasteiger partial charge in [0.15, 0.2) is 0 Å². The predicted molar refractivity (Wildman–Crippen MR) is 175 cm³/mol. The van der Waals surface area contributed by atoms with Crippen molar-refractivity contribution in [2.45, 2.75) is 0 Å². The van der Waals surface area contributed by atoms with E-state index in [9.17, 15) is 0 Å². The Balaban J connectivity index is 1.45. The maximum Gasteiger partial charge on any atom is 0.143 e. The Morgan fingerprint density at radius 1 is 0.366 bits per heavy atom. The molecule has 9 aromatic rings. The number of para-hydroxylation sites is 1. The lowest BCUT2D eigenvalue weighted by molar-refractivity contribution is 0.673. The van der Waals surface area contributed by atoms with Gasteiger partial charge in [-0.15, -0.1) is 0 Å². The van der Waals surface area contributed by atoms with E-state index in [1.165, 1.54) is 60.0 Å². The predicted octanol–water partition coefficient (Wildman–Crippen LogP) is 11.5. The third-order valence-corrected chi connectivity index (χ3v) is 8.63. The van der Waals surface area contributed by atoms with E-state index in [4.69, 9.17) is 4.42 Å². The van der Waals surface area contributed by atoms with Crippen molar-refractivity contribution in [3.05, 3.63) is 146 Å². The maximum absolute atomic E-state index is 6.59. The molecule has 8 aromatic carbocycles. The molecule has 1 heterocycles. The highest BCUT2D eigenvalue weighted by Gasteiger charge is 2.20. The second kappa shape index (κ2) is 8.55. The van der Waals surface area contributed by atoms with Gasteiger partial charge < -0.3 is 4.42 Å². The SMILES string of the molecule is c1ccc2cc(-c3c4ccccc4c(-c4cccc5ccc6c7ccccc7oc6c45)c4ccccc34)ccc2c1. The zero-order valence-corrected chi connectivity index (χ0v) is 22.3. The molecule has 0 unspecified atom stereocenters. The van der Waals surface area contributed by atoms with E-state index >= 15 is 0 Å². The topological polar surface area (TPSA) is 13.1 Å². The minimum absolute atomic E-state index is 0.922. The Morgan fingerprint density at radius 2 is 0.951 bits per heavy atom. The first kappa shape index (κ1) is 22.4. The number of rotatable bonds is 2. The first-order valence-corrected chi connectivity index (χ1v) is 14.1. The highest BCUT2D eigenvalue weighted by Crippen LogP contribution is 2.47. The van der Waals surface area contributed by atoms with Crippen LogP contribution in [0.2, 0.25) is 0 Å². The number of hydrogen-bond donors (Lipinski definition) is 0. The molecule has 0 amide bonds. The second-order valence-corrected chi connectivity index (χ2v) is 10.8. The molecule has 0 fully saturated rings. The van der Waals surface area contributed by atoms with Crippen molar-refractivity contribution in [1.82, 2.24) is 0 Å². The van der Waals surface area contributed by atoms with Crippen molar-refractivity contribution in [2.24, 2.45) is 0 Å². The maximum atomic E-state index is 6.59. The van der Waals surface area contributed by atoms with Gasteiger partial charge in [-0.2, -0.15) is 0 Å². The summed E-state index contributed by atoms with van der Waals surface area (Å²) in [6.07, 6.45) is 0. The summed E-state index contributed by atoms with van der Waals surface area (Å²) in [7, 11) is 0. The van der Waals surface area contributed by atoms with Crippen LogP contribution in [-0.2, 0) is 0 Å². The molecule has 9 rings (SSSR count). The molecule has 0 radical (unpaired) electrons. The van der Waals surface area contributed by atoms with Crippen LogP contribution in [0, 0.1) is 0 Å². The van der Waals surface area contributed by atoms with Crippen LogP contribution in [0.3, 0.4) is 0 Å². The number of hydrogen-bond acceptors (Lipinski definition) is 1. The molecule has 1 aromatic heterocycles. The molecular weight excluding hydrogens is 496 g/mol. The average Bonchev–Trinajstić information content (AvgIpc) is 3.42. The summed E-state index contributed by atoms with van der Waals surface area (Å²) in [4.78, 5) is 0. The minimum Gasteiger partial charge on any atom is -0.455 e. The van der Waals surface area contributed by atoms with Crippen LogP contribution in [-0.4, -0.2) is 0 Å². The van der Waals surface area contributed by atoms with E-state index in [-0.39, 0.29) is 0 Å². The van der Waals surface area contributed by atoms with Crippen molar-refractivity contribution in [1.29, 1.82) is 0 Å². The Hall–Kier alpha value is -5.40. The van der Waals surface area contributed by atoms with E-state index in [2.05, 4.69) is 140 Å². The van der Waals surface area contributed by atoms with E-state index in [0.717, 1.165) is 27.3 Å². The zero-order valence-electron chi connectivity index (χ0n) is 22.3. The summed E-state index contributed by atoms with van der Waals surface area (Å²) < 4.78 is 6.59. The number of furan rings is 1. The molecule has 0 atom stereocenters. The molecule has 1 nitrogen and oxygen atoms in total. The molecule has 0 N–H and O–H groups in total. The van der Waals surface area contributed by atoms with Crippen LogP contribution in [0.15, 0.2) is 150 Å². The van der Waals surface area contributed by atoms with Gasteiger partial charge in [0.2, 0.25) is 0 Å². The molecule has 0 saturated heterocycles. The van der Waals surface area contributed by atoms with Gasteiger partial charge in [-0.3, -0.25) is 0 Å². The van der Waals surface area contributed by atoms with Gasteiger partial charge in [-0.1, -0.05) is 127 Å². The molecule has 1 heteroatoms. The molecule has 0 aliphatic heterocycles. The highest BCUT2D eigenvalue weighted by atomic mass is 16.3. The van der Waals surface area contributed by atoms with Gasteiger partial charge in [0.1, 0.15) is 11.2 Å². The Kier molecular flexibility index (Phi) is 4.67. The third-order valence-electron chi connectivity index (χ3n) is 8.63. The molecule has 0 saturated carbocycles. The number of benzene rings is 8. The summed E-state index contributed by atoms with van der Waals surface area (Å²) in [6, 6.07) is 52.6. The van der Waals surface area contributed by atoms with Gasteiger partial charge in [-0.05, 0) is 78.2 Å². The van der Waals surface area contributed by atoms with Gasteiger partial charge in [0.25, 0.3) is 0 Å². The van der Waals surface area contributed by atoms with Crippen LogP contribution in [0.1, 0.15) is 0 Å². The van der Waals surface area contributed by atoms with Crippen molar-refractivity contribution < 1.29 is 4.42 Å². The lowest BCUT2D eigenvalue weighted by atomic mass is 9.84. The quantitative estimate of drug-likeness (QED) is 0.207. The fraction of sp³-hybridized carbons (Fsp3) is 0. The zero-order chi connectivity index (χ0) is 26.9. The van der Waals surface area contributed by atoms with Gasteiger partial charge in [-0.25, -0.2) is 0 Å². The van der Waals surface area contributed by atoms with Gasteiger partial charge in [0.05, 0.1) is 0 Å². The van der Waals surface area contributed by atoms with E-state index < -0.39 is 0 Å². The van der Waals surface area contributed by atoms with Crippen LogP contribution < -0.4 is 0 Å². The molecule has 190 valence electrons. The summed E-state index contributed by atoms with van der Waals surface area (Å²) >= 11 is 0. The fourth-order valence-electron chi connectivity index (χ4n) is 6.83. The average molecular weight is 521 g/mol. The van der Waals surface area contributed by atoms with E-state index in [0.29, 0.717) is 0 Å². The molecular formula is C40H24O. The Bertz CT molecular complexity index is 2420. The summed E-state index contributed by atoms with van der Waals surface area (Å²) in [5.74, 6) is 0. The lowest BCUT2D eigenvalue weighted by Crippen LogP contribution is -1.92. The Labute approximate surface area is 236 Å². The molecule has 0 aliphatic rings. The van der Waals surface area contributed by atoms with Crippen LogP contribution in [0.4, 0.5) is 0 Å². The van der Waals surface area contributed by atoms with Crippen molar-refractivity contribution in [3.8, 4) is 22.3 Å². The smallest absolute Gasteiger partial charge is 0.143 e.